The molecular formula is C23H30N3O6P. The maximum Gasteiger partial charge on any atom is 0.469 e. The molecule has 10 heteroatoms. The minimum atomic E-state index is -4.51. The number of rotatable bonds is 6. The smallest absolute Gasteiger partial charge is 0.382 e. The molecule has 33 heavy (non-hydrogen) atoms. The molecule has 0 radical (unpaired) electrons. The minimum absolute atomic E-state index is 0.00839. The number of amides is 1. The minimum Gasteiger partial charge on any atom is -0.382 e. The van der Waals surface area contributed by atoms with Crippen molar-refractivity contribution in [1.29, 1.82) is 0 Å². The molecule has 1 aromatic carbocycles. The number of carbonyl (C=O) groups excluding carboxylic acids is 2. The zero-order valence-corrected chi connectivity index (χ0v) is 19.7. The Morgan fingerprint density at radius 3 is 2.52 bits per heavy atom. The van der Waals surface area contributed by atoms with Crippen molar-refractivity contribution in [3.8, 4) is 5.69 Å². The third kappa shape index (κ3) is 5.38. The predicted molar refractivity (Wildman–Crippen MR) is 124 cm³/mol. The van der Waals surface area contributed by atoms with Crippen LogP contribution in [0.4, 0.5) is 5.69 Å². The molecule has 1 heterocycles. The molecule has 2 aromatic rings. The van der Waals surface area contributed by atoms with E-state index < -0.39 is 19.8 Å². The normalized spacial score (nSPS) is 22.6. The Morgan fingerprint density at radius 2 is 1.88 bits per heavy atom. The zero-order valence-electron chi connectivity index (χ0n) is 18.8. The van der Waals surface area contributed by atoms with E-state index in [9.17, 15) is 14.2 Å². The monoisotopic (exact) mass is 475 g/mol. The van der Waals surface area contributed by atoms with Crippen molar-refractivity contribution >= 4 is 25.2 Å². The standard InChI is InChI=1S/C23H30N3O6P/c1-23(2)12-20-18(21(27)13-23)9-10-26(20)15-5-8-17(22(24)28)19(11-15)25-14-3-6-16(7-4-14)32-33(29,30)31/h5,8-11,14,16,25H,3-4,6-7,12-13H2,1-2H3,(H2,24,28)(H2,29,30,31). The van der Waals surface area contributed by atoms with Crippen LogP contribution in [0.5, 0.6) is 0 Å². The van der Waals surface area contributed by atoms with Gasteiger partial charge in [0.1, 0.15) is 0 Å². The van der Waals surface area contributed by atoms with E-state index in [1.807, 2.05) is 29.0 Å². The molecule has 1 fully saturated rings. The van der Waals surface area contributed by atoms with E-state index >= 15 is 0 Å². The molecule has 2 aliphatic carbocycles. The quantitative estimate of drug-likeness (QED) is 0.468. The Labute approximate surface area is 192 Å². The van der Waals surface area contributed by atoms with Gasteiger partial charge in [0.05, 0.1) is 11.7 Å². The van der Waals surface area contributed by atoms with Crippen molar-refractivity contribution in [3.05, 3.63) is 47.3 Å². The molecule has 0 atom stereocenters. The highest BCUT2D eigenvalue weighted by Crippen LogP contribution is 2.41. The van der Waals surface area contributed by atoms with Gasteiger partial charge in [0, 0.05) is 41.3 Å². The number of nitrogens with zero attached hydrogens (tertiary/aromatic N) is 1. The summed E-state index contributed by atoms with van der Waals surface area (Å²) in [6.45, 7) is 4.17. The molecule has 0 saturated heterocycles. The number of hydrogen-bond acceptors (Lipinski definition) is 5. The van der Waals surface area contributed by atoms with Crippen LogP contribution >= 0.6 is 7.82 Å². The van der Waals surface area contributed by atoms with Crippen LogP contribution in [0.1, 0.15) is 72.4 Å². The number of nitrogens with two attached hydrogens (primary N) is 1. The molecule has 1 amide bonds. The third-order valence-corrected chi connectivity index (χ3v) is 7.02. The summed E-state index contributed by atoms with van der Waals surface area (Å²) in [5.41, 5.74) is 8.98. The number of hydrogen-bond donors (Lipinski definition) is 4. The maximum atomic E-state index is 12.6. The van der Waals surface area contributed by atoms with Gasteiger partial charge in [-0.2, -0.15) is 0 Å². The highest BCUT2D eigenvalue weighted by Gasteiger charge is 2.33. The number of ketones is 1. The number of anilines is 1. The molecule has 0 unspecified atom stereocenters. The largest absolute Gasteiger partial charge is 0.469 e. The summed E-state index contributed by atoms with van der Waals surface area (Å²) in [6.07, 6.45) is 4.95. The van der Waals surface area contributed by atoms with Crippen molar-refractivity contribution in [2.24, 2.45) is 11.1 Å². The van der Waals surface area contributed by atoms with Gasteiger partial charge < -0.3 is 25.4 Å². The Balaban J connectivity index is 1.58. The van der Waals surface area contributed by atoms with E-state index in [0.29, 0.717) is 43.4 Å². The average molecular weight is 475 g/mol. The molecule has 1 saturated carbocycles. The lowest BCUT2D eigenvalue weighted by Gasteiger charge is -2.31. The van der Waals surface area contributed by atoms with Gasteiger partial charge in [-0.05, 0) is 61.8 Å². The molecule has 1 aromatic heterocycles. The van der Waals surface area contributed by atoms with E-state index in [2.05, 4.69) is 19.2 Å². The second-order valence-electron chi connectivity index (χ2n) is 9.80. The molecule has 4 rings (SSSR count). The number of phosphoric ester groups is 1. The van der Waals surface area contributed by atoms with Crippen LogP contribution in [0.2, 0.25) is 0 Å². The van der Waals surface area contributed by atoms with Crippen molar-refractivity contribution in [1.82, 2.24) is 4.57 Å². The Morgan fingerprint density at radius 1 is 1.18 bits per heavy atom. The van der Waals surface area contributed by atoms with E-state index in [0.717, 1.165) is 23.4 Å². The number of carbonyl (C=O) groups is 2. The van der Waals surface area contributed by atoms with Gasteiger partial charge in [-0.15, -0.1) is 0 Å². The number of fused-ring (bicyclic) bond motifs is 1. The van der Waals surface area contributed by atoms with Crippen molar-refractivity contribution in [3.63, 3.8) is 0 Å². The number of aromatic nitrogens is 1. The number of benzene rings is 1. The van der Waals surface area contributed by atoms with Crippen LogP contribution in [0.3, 0.4) is 0 Å². The van der Waals surface area contributed by atoms with Gasteiger partial charge in [-0.25, -0.2) is 4.57 Å². The van der Waals surface area contributed by atoms with Crippen LogP contribution in [0.25, 0.3) is 5.69 Å². The second kappa shape index (κ2) is 8.72. The van der Waals surface area contributed by atoms with Crippen molar-refractivity contribution in [2.75, 3.05) is 5.32 Å². The first-order chi connectivity index (χ1) is 15.4. The molecule has 0 aliphatic heterocycles. The summed E-state index contributed by atoms with van der Waals surface area (Å²) in [4.78, 5) is 42.7. The first-order valence-electron chi connectivity index (χ1n) is 11.1. The van der Waals surface area contributed by atoms with Crippen molar-refractivity contribution < 1.29 is 28.5 Å². The van der Waals surface area contributed by atoms with Gasteiger partial charge in [0.2, 0.25) is 0 Å². The Kier molecular flexibility index (Phi) is 6.26. The van der Waals surface area contributed by atoms with Gasteiger partial charge >= 0.3 is 7.82 Å². The lowest BCUT2D eigenvalue weighted by molar-refractivity contribution is 0.0909. The molecule has 9 nitrogen and oxygen atoms in total. The first kappa shape index (κ1) is 23.7. The summed E-state index contributed by atoms with van der Waals surface area (Å²) in [7, 11) is -4.51. The van der Waals surface area contributed by atoms with Crippen molar-refractivity contribution in [2.45, 2.75) is 64.5 Å². The Hall–Kier alpha value is -2.45. The second-order valence-corrected chi connectivity index (χ2v) is 11.0. The fraction of sp³-hybridized carbons (Fsp3) is 0.478. The number of phosphoric acid groups is 1. The Bertz CT molecular complexity index is 1130. The summed E-state index contributed by atoms with van der Waals surface area (Å²) in [6, 6.07) is 7.23. The summed E-state index contributed by atoms with van der Waals surface area (Å²) < 4.78 is 17.9. The van der Waals surface area contributed by atoms with Gasteiger partial charge in [-0.3, -0.25) is 14.1 Å². The molecule has 0 bridgehead atoms. The lowest BCUT2D eigenvalue weighted by Crippen LogP contribution is -2.30. The average Bonchev–Trinajstić information content (AvgIpc) is 3.11. The van der Waals surface area contributed by atoms with E-state index in [1.54, 1.807) is 6.07 Å². The van der Waals surface area contributed by atoms with Crippen LogP contribution in [0, 0.1) is 5.41 Å². The number of Topliss-reactive ketones (excluding diaryl/α,β-unsaturated/α-hetero) is 1. The van der Waals surface area contributed by atoms with E-state index in [4.69, 9.17) is 20.0 Å². The van der Waals surface area contributed by atoms with Crippen LogP contribution < -0.4 is 11.1 Å². The summed E-state index contributed by atoms with van der Waals surface area (Å²) in [5.74, 6) is -0.408. The summed E-state index contributed by atoms with van der Waals surface area (Å²) in [5, 5.41) is 3.39. The van der Waals surface area contributed by atoms with E-state index in [1.165, 1.54) is 0 Å². The van der Waals surface area contributed by atoms with Gasteiger partial charge in [0.15, 0.2) is 5.78 Å². The highest BCUT2D eigenvalue weighted by atomic mass is 31.2. The highest BCUT2D eigenvalue weighted by molar-refractivity contribution is 7.46. The van der Waals surface area contributed by atoms with Gasteiger partial charge in [-0.1, -0.05) is 13.8 Å². The topological polar surface area (TPSA) is 144 Å². The SMILES string of the molecule is CC1(C)CC(=O)c2ccn(-c3ccc(C(N)=O)c(NC4CCC(OP(=O)(O)O)CC4)c3)c2C1. The summed E-state index contributed by atoms with van der Waals surface area (Å²) >= 11 is 0. The fourth-order valence-electron chi connectivity index (χ4n) is 4.93. The molecule has 2 aliphatic rings. The van der Waals surface area contributed by atoms with Crippen LogP contribution in [0.15, 0.2) is 30.5 Å². The molecular weight excluding hydrogens is 445 g/mol. The maximum absolute atomic E-state index is 12.6. The first-order valence-corrected chi connectivity index (χ1v) is 12.6. The molecule has 5 N–H and O–H groups in total. The lowest BCUT2D eigenvalue weighted by atomic mass is 9.76. The third-order valence-electron chi connectivity index (χ3n) is 6.44. The number of nitrogens with one attached hydrogen (secondary N) is 1. The molecule has 178 valence electrons. The predicted octanol–water partition coefficient (Wildman–Crippen LogP) is 3.56. The number of primary amides is 1. The van der Waals surface area contributed by atoms with Crippen LogP contribution in [-0.4, -0.2) is 38.2 Å². The fourth-order valence-corrected chi connectivity index (χ4v) is 5.53. The zero-order chi connectivity index (χ0) is 24.0. The van der Waals surface area contributed by atoms with Crippen LogP contribution in [-0.2, 0) is 15.5 Å². The molecule has 0 spiro atoms. The van der Waals surface area contributed by atoms with Gasteiger partial charge in [0.25, 0.3) is 5.91 Å². The van der Waals surface area contributed by atoms with E-state index in [-0.39, 0.29) is 17.2 Å².